The second kappa shape index (κ2) is 6.95. The van der Waals surface area contributed by atoms with Crippen LogP contribution in [0.2, 0.25) is 0 Å². The molecular formula is C15H18N4O2S. The quantitative estimate of drug-likeness (QED) is 0.666. The number of fused-ring (bicyclic) bond motifs is 3. The van der Waals surface area contributed by atoms with Crippen molar-refractivity contribution in [1.82, 2.24) is 15.0 Å². The number of rotatable bonds is 7. The Morgan fingerprint density at radius 2 is 1.86 bits per heavy atom. The number of aromatic nitrogens is 3. The molecule has 0 fully saturated rings. The zero-order chi connectivity index (χ0) is 15.4. The zero-order valence-corrected chi connectivity index (χ0v) is 13.5. The van der Waals surface area contributed by atoms with Gasteiger partial charge < -0.3 is 14.4 Å². The van der Waals surface area contributed by atoms with Gasteiger partial charge in [0.25, 0.3) is 0 Å². The number of anilines is 1. The van der Waals surface area contributed by atoms with Crippen LogP contribution in [0.1, 0.15) is 0 Å². The maximum atomic E-state index is 5.21. The van der Waals surface area contributed by atoms with E-state index in [2.05, 4.69) is 19.9 Å². The average Bonchev–Trinajstić information content (AvgIpc) is 2.94. The predicted molar refractivity (Wildman–Crippen MR) is 88.7 cm³/mol. The molecule has 0 bridgehead atoms. The van der Waals surface area contributed by atoms with Gasteiger partial charge in [0.15, 0.2) is 0 Å². The largest absolute Gasteiger partial charge is 0.383 e. The Labute approximate surface area is 132 Å². The summed E-state index contributed by atoms with van der Waals surface area (Å²) in [6.45, 7) is 2.79. The first kappa shape index (κ1) is 15.1. The maximum Gasteiger partial charge on any atom is 0.150 e. The number of nitrogens with zero attached hydrogens (tertiary/aromatic N) is 4. The van der Waals surface area contributed by atoms with Crippen LogP contribution in [0.3, 0.4) is 0 Å². The lowest BCUT2D eigenvalue weighted by atomic mass is 10.3. The molecule has 0 unspecified atom stereocenters. The topological polar surface area (TPSA) is 60.4 Å². The monoisotopic (exact) mass is 318 g/mol. The third-order valence-corrected chi connectivity index (χ3v) is 4.54. The molecule has 116 valence electrons. The van der Waals surface area contributed by atoms with Crippen LogP contribution >= 0.6 is 11.3 Å². The summed E-state index contributed by atoms with van der Waals surface area (Å²) in [6, 6.07) is 3.98. The zero-order valence-electron chi connectivity index (χ0n) is 12.7. The molecule has 0 amide bonds. The molecule has 6 nitrogen and oxygen atoms in total. The Hall–Kier alpha value is -1.83. The standard InChI is InChI=1S/C15H18N4O2S/c1-20-8-6-19(7-9-21-2)14-13-12(17-10-18-14)11-4-3-5-16-15(11)22-13/h3-5,10H,6-9H2,1-2H3. The minimum Gasteiger partial charge on any atom is -0.383 e. The molecule has 0 saturated carbocycles. The summed E-state index contributed by atoms with van der Waals surface area (Å²) < 4.78 is 11.5. The molecule has 0 atom stereocenters. The summed E-state index contributed by atoms with van der Waals surface area (Å²) in [5, 5.41) is 1.07. The fourth-order valence-corrected chi connectivity index (χ4v) is 3.47. The van der Waals surface area contributed by atoms with Gasteiger partial charge in [-0.25, -0.2) is 15.0 Å². The van der Waals surface area contributed by atoms with Crippen molar-refractivity contribution in [2.24, 2.45) is 0 Å². The summed E-state index contributed by atoms with van der Waals surface area (Å²) in [5.41, 5.74) is 0.956. The van der Waals surface area contributed by atoms with Gasteiger partial charge in [-0.05, 0) is 12.1 Å². The first-order chi connectivity index (χ1) is 10.8. The van der Waals surface area contributed by atoms with Gasteiger partial charge in [-0.15, -0.1) is 11.3 Å². The minimum atomic E-state index is 0.637. The third-order valence-electron chi connectivity index (χ3n) is 3.44. The molecule has 0 aliphatic carbocycles. The van der Waals surface area contributed by atoms with E-state index < -0.39 is 0 Å². The Kier molecular flexibility index (Phi) is 4.77. The Morgan fingerprint density at radius 1 is 1.09 bits per heavy atom. The molecule has 0 saturated heterocycles. The number of pyridine rings is 1. The van der Waals surface area contributed by atoms with Crippen LogP contribution in [0.25, 0.3) is 20.4 Å². The van der Waals surface area contributed by atoms with Gasteiger partial charge in [0.05, 0.1) is 23.4 Å². The maximum absolute atomic E-state index is 5.21. The van der Waals surface area contributed by atoms with Crippen molar-refractivity contribution in [1.29, 1.82) is 0 Å². The van der Waals surface area contributed by atoms with Crippen molar-refractivity contribution in [2.75, 3.05) is 45.4 Å². The van der Waals surface area contributed by atoms with Crippen LogP contribution in [0.5, 0.6) is 0 Å². The normalized spacial score (nSPS) is 11.4. The third kappa shape index (κ3) is 2.87. The van der Waals surface area contributed by atoms with Gasteiger partial charge in [-0.2, -0.15) is 0 Å². The van der Waals surface area contributed by atoms with Gasteiger partial charge in [-0.1, -0.05) is 0 Å². The van der Waals surface area contributed by atoms with Gasteiger partial charge in [0.1, 0.15) is 17.0 Å². The minimum absolute atomic E-state index is 0.637. The molecule has 0 aliphatic heterocycles. The van der Waals surface area contributed by atoms with Crippen molar-refractivity contribution >= 4 is 37.6 Å². The molecule has 3 rings (SSSR count). The van der Waals surface area contributed by atoms with E-state index in [1.807, 2.05) is 12.1 Å². The van der Waals surface area contributed by atoms with Gasteiger partial charge in [0, 0.05) is 38.9 Å². The Balaban J connectivity index is 2.07. The summed E-state index contributed by atoms with van der Waals surface area (Å²) >= 11 is 1.62. The lowest BCUT2D eigenvalue weighted by Crippen LogP contribution is -2.31. The van der Waals surface area contributed by atoms with Crippen molar-refractivity contribution in [2.45, 2.75) is 0 Å². The second-order valence-corrected chi connectivity index (χ2v) is 5.80. The molecule has 0 N–H and O–H groups in total. The van der Waals surface area contributed by atoms with Crippen molar-refractivity contribution in [3.63, 3.8) is 0 Å². The van der Waals surface area contributed by atoms with Crippen molar-refractivity contribution in [3.8, 4) is 0 Å². The summed E-state index contributed by atoms with van der Waals surface area (Å²) in [4.78, 5) is 16.5. The van der Waals surface area contributed by atoms with Crippen LogP contribution in [-0.2, 0) is 9.47 Å². The average molecular weight is 318 g/mol. The van der Waals surface area contributed by atoms with Crippen LogP contribution in [-0.4, -0.2) is 55.5 Å². The smallest absolute Gasteiger partial charge is 0.150 e. The Morgan fingerprint density at radius 3 is 2.59 bits per heavy atom. The molecule has 0 aliphatic rings. The molecule has 0 spiro atoms. The highest BCUT2D eigenvalue weighted by atomic mass is 32.1. The van der Waals surface area contributed by atoms with Crippen LogP contribution in [0, 0.1) is 0 Å². The van der Waals surface area contributed by atoms with E-state index in [0.29, 0.717) is 13.2 Å². The lowest BCUT2D eigenvalue weighted by molar-refractivity contribution is 0.190. The highest BCUT2D eigenvalue weighted by Gasteiger charge is 2.16. The van der Waals surface area contributed by atoms with Crippen molar-refractivity contribution in [3.05, 3.63) is 24.7 Å². The fraction of sp³-hybridized carbons (Fsp3) is 0.400. The SMILES string of the molecule is COCCN(CCOC)c1ncnc2c1sc1ncccc12. The highest BCUT2D eigenvalue weighted by Crippen LogP contribution is 2.35. The molecule has 3 heterocycles. The van der Waals surface area contributed by atoms with E-state index in [0.717, 1.165) is 39.3 Å². The summed E-state index contributed by atoms with van der Waals surface area (Å²) in [5.74, 6) is 0.919. The first-order valence-electron chi connectivity index (χ1n) is 7.06. The van der Waals surface area contributed by atoms with Crippen molar-refractivity contribution < 1.29 is 9.47 Å². The molecule has 3 aromatic heterocycles. The Bertz CT molecular complexity index is 753. The first-order valence-corrected chi connectivity index (χ1v) is 7.88. The van der Waals surface area contributed by atoms with Gasteiger partial charge >= 0.3 is 0 Å². The van der Waals surface area contributed by atoms with E-state index in [1.54, 1.807) is 38.1 Å². The number of hydrogen-bond acceptors (Lipinski definition) is 7. The molecule has 7 heteroatoms. The van der Waals surface area contributed by atoms with E-state index in [1.165, 1.54) is 0 Å². The van der Waals surface area contributed by atoms with E-state index in [-0.39, 0.29) is 0 Å². The summed E-state index contributed by atoms with van der Waals surface area (Å²) in [6.07, 6.45) is 3.42. The van der Waals surface area contributed by atoms with E-state index >= 15 is 0 Å². The lowest BCUT2D eigenvalue weighted by Gasteiger charge is -2.23. The highest BCUT2D eigenvalue weighted by molar-refractivity contribution is 7.25. The van der Waals surface area contributed by atoms with Crippen LogP contribution in [0.15, 0.2) is 24.7 Å². The van der Waals surface area contributed by atoms with Crippen LogP contribution < -0.4 is 4.90 Å². The fourth-order valence-electron chi connectivity index (χ4n) is 2.35. The number of ether oxygens (including phenoxy) is 2. The second-order valence-electron chi connectivity index (χ2n) is 4.81. The predicted octanol–water partition coefficient (Wildman–Crippen LogP) is 2.34. The van der Waals surface area contributed by atoms with E-state index in [4.69, 9.17) is 9.47 Å². The number of hydrogen-bond donors (Lipinski definition) is 0. The number of thiophene rings is 1. The molecule has 0 radical (unpaired) electrons. The molecule has 0 aromatic carbocycles. The van der Waals surface area contributed by atoms with E-state index in [9.17, 15) is 0 Å². The molecule has 3 aromatic rings. The van der Waals surface area contributed by atoms with Gasteiger partial charge in [0.2, 0.25) is 0 Å². The van der Waals surface area contributed by atoms with Crippen LogP contribution in [0.4, 0.5) is 5.82 Å². The van der Waals surface area contributed by atoms with Gasteiger partial charge in [-0.3, -0.25) is 0 Å². The molecular weight excluding hydrogens is 300 g/mol. The number of methoxy groups -OCH3 is 2. The summed E-state index contributed by atoms with van der Waals surface area (Å²) in [7, 11) is 3.40. The molecule has 22 heavy (non-hydrogen) atoms.